The summed E-state index contributed by atoms with van der Waals surface area (Å²) in [6.45, 7) is 13.6. The molecule has 6 atom stereocenters. The first kappa shape index (κ1) is 61.7. The number of amides is 3. The molecule has 4 saturated heterocycles. The van der Waals surface area contributed by atoms with E-state index in [2.05, 4.69) is 58.0 Å². The predicted molar refractivity (Wildman–Crippen MR) is 358 cm³/mol. The van der Waals surface area contributed by atoms with Crippen LogP contribution >= 0.6 is 0 Å². The van der Waals surface area contributed by atoms with Gasteiger partial charge < -0.3 is 38.7 Å². The molecule has 22 nitrogen and oxygen atoms in total. The summed E-state index contributed by atoms with van der Waals surface area (Å²) in [6, 6.07) is 24.4. The number of hydrogen-bond acceptors (Lipinski definition) is 15. The summed E-state index contributed by atoms with van der Waals surface area (Å²) in [6.07, 6.45) is 5.31. The summed E-state index contributed by atoms with van der Waals surface area (Å²) in [5, 5.41) is 5.97. The maximum absolute atomic E-state index is 14.9. The number of carbonyl (C=O) groups excluding carboxylic acids is 3. The highest BCUT2D eigenvalue weighted by Gasteiger charge is 2.68. The zero-order valence-corrected chi connectivity index (χ0v) is 55.0. The Morgan fingerprint density at radius 3 is 1.97 bits per heavy atom. The van der Waals surface area contributed by atoms with Crippen molar-refractivity contribution in [2.75, 3.05) is 106 Å². The maximum atomic E-state index is 14.9. The zero-order chi connectivity index (χ0) is 65.3. The largest absolute Gasteiger partial charge is 0.382 e. The van der Waals surface area contributed by atoms with E-state index in [4.69, 9.17) is 29.3 Å². The Hall–Kier alpha value is -8.12. The van der Waals surface area contributed by atoms with E-state index in [1.165, 1.54) is 4.68 Å². The van der Waals surface area contributed by atoms with Gasteiger partial charge in [0.05, 0.1) is 71.2 Å². The van der Waals surface area contributed by atoms with Gasteiger partial charge in [-0.1, -0.05) is 24.3 Å². The van der Waals surface area contributed by atoms with Gasteiger partial charge in [-0.25, -0.2) is 23.8 Å². The Bertz CT molecular complexity index is 4450. The lowest BCUT2D eigenvalue weighted by molar-refractivity contribution is -0.127. The van der Waals surface area contributed by atoms with E-state index in [9.17, 15) is 33.2 Å². The number of likely N-dealkylation sites (N-methyl/N-ethyl adjacent to an activating group) is 1. The molecule has 4 aromatic carbocycles. The molecule has 7 aliphatic heterocycles. The van der Waals surface area contributed by atoms with E-state index in [1.807, 2.05) is 67.1 Å². The lowest BCUT2D eigenvalue weighted by atomic mass is 9.85. The summed E-state index contributed by atoms with van der Waals surface area (Å²) >= 11 is 0. The first-order valence-electron chi connectivity index (χ1n) is 34.4. The summed E-state index contributed by atoms with van der Waals surface area (Å²) in [5.74, 6) is 2.18. The molecule has 2 aliphatic carbocycles. The number of halogens is 1. The molecule has 95 heavy (non-hydrogen) atoms. The van der Waals surface area contributed by atoms with Crippen LogP contribution in [0.2, 0.25) is 0 Å². The van der Waals surface area contributed by atoms with E-state index < -0.39 is 17.0 Å². The van der Waals surface area contributed by atoms with Crippen LogP contribution in [0, 0.1) is 11.8 Å². The number of alkyl halides is 1. The van der Waals surface area contributed by atoms with Gasteiger partial charge in [-0.2, -0.15) is 5.10 Å². The van der Waals surface area contributed by atoms with Gasteiger partial charge in [-0.3, -0.25) is 42.6 Å². The van der Waals surface area contributed by atoms with Crippen molar-refractivity contribution in [1.82, 2.24) is 43.2 Å². The number of methoxy groups -OCH3 is 1. The molecule has 0 radical (unpaired) electrons. The second kappa shape index (κ2) is 23.9. The Balaban J connectivity index is 0.622. The van der Waals surface area contributed by atoms with Crippen LogP contribution in [0.1, 0.15) is 92.6 Å². The molecule has 3 unspecified atom stereocenters. The van der Waals surface area contributed by atoms with Crippen molar-refractivity contribution in [2.45, 2.75) is 152 Å². The van der Waals surface area contributed by atoms with Crippen LogP contribution in [-0.4, -0.2) is 178 Å². The van der Waals surface area contributed by atoms with Gasteiger partial charge in [0.1, 0.15) is 23.6 Å². The average molecular weight is 1290 g/mol. The van der Waals surface area contributed by atoms with E-state index in [-0.39, 0.29) is 83.6 Å². The number of anilines is 4. The van der Waals surface area contributed by atoms with E-state index in [0.29, 0.717) is 170 Å². The van der Waals surface area contributed by atoms with Crippen LogP contribution in [0.3, 0.4) is 0 Å². The number of likely N-dealkylation sites (tertiary alicyclic amines) is 2. The number of aryl methyl sites for hydroxylation is 4. The molecule has 9 aliphatic rings. The van der Waals surface area contributed by atoms with Gasteiger partial charge in [-0.15, -0.1) is 0 Å². The van der Waals surface area contributed by atoms with Crippen LogP contribution in [0.5, 0.6) is 0 Å². The van der Waals surface area contributed by atoms with Crippen LogP contribution < -0.4 is 36.4 Å². The van der Waals surface area contributed by atoms with E-state index in [1.54, 1.807) is 25.7 Å². The minimum absolute atomic E-state index is 0.00824. The number of aromatic nitrogens is 7. The standard InChI is InChI=1S/C72H84FN13O9/c1-43(81-38-47(73)39-81)61-41-80(28-30-95-61)50-13-15-53-58(35-50)75-63(83(67(53)89)25-19-45-8-16-54-60(32-45)86(48-10-11-48)68(90)71(54,2)3)21-26-85-70(92)84-37-46(33-64(84)76-85)56-36-72(56)55-17-9-44(31-59(55)77(4)69(72)91)18-24-82-62(20-23-78-22-6-7-65(78)87)74-57-34-49(12-14-52(57)66(82)88)79-27-29-94-51(40-79)42-93-5/h8-9,12-17,31-32,34-35,43,46-48,51,56,61H,6-7,10-11,18-30,33,36-42H2,1-5H3/t43-,46?,51-,56?,61-,72?/m1/s1. The van der Waals surface area contributed by atoms with Crippen molar-refractivity contribution in [1.29, 1.82) is 0 Å². The van der Waals surface area contributed by atoms with Crippen LogP contribution in [0.25, 0.3) is 21.8 Å². The van der Waals surface area contributed by atoms with Gasteiger partial charge in [-0.05, 0) is 142 Å². The molecule has 498 valence electrons. The third-order valence-electron chi connectivity index (χ3n) is 22.6. The van der Waals surface area contributed by atoms with Crippen molar-refractivity contribution < 1.29 is 33.0 Å². The van der Waals surface area contributed by atoms with Crippen molar-refractivity contribution in [3.05, 3.63) is 144 Å². The van der Waals surface area contributed by atoms with Gasteiger partial charge in [0, 0.05) is 147 Å². The van der Waals surface area contributed by atoms with E-state index in [0.717, 1.165) is 64.3 Å². The third kappa shape index (κ3) is 10.8. The Kier molecular flexibility index (Phi) is 15.5. The average Bonchev–Trinajstić information content (AvgIpc) is 1.51. The lowest BCUT2D eigenvalue weighted by Gasteiger charge is -2.45. The van der Waals surface area contributed by atoms with Crippen LogP contribution in [0.15, 0.2) is 87.2 Å². The lowest BCUT2D eigenvalue weighted by Crippen LogP contribution is -2.59. The smallest absolute Gasteiger partial charge is 0.345 e. The van der Waals surface area contributed by atoms with Crippen molar-refractivity contribution in [3.8, 4) is 0 Å². The number of benzene rings is 4. The highest BCUT2D eigenvalue weighted by molar-refractivity contribution is 6.10. The molecular weight excluding hydrogens is 1210 g/mol. The highest BCUT2D eigenvalue weighted by Crippen LogP contribution is 2.65. The molecule has 6 fully saturated rings. The summed E-state index contributed by atoms with van der Waals surface area (Å²) < 4.78 is 38.2. The number of nitrogens with zero attached hydrogens (tertiary/aromatic N) is 13. The van der Waals surface area contributed by atoms with Gasteiger partial charge in [0.15, 0.2) is 0 Å². The number of rotatable bonds is 20. The number of hydrogen-bond donors (Lipinski definition) is 0. The number of carbonyl (C=O) groups is 3. The molecule has 23 heteroatoms. The zero-order valence-electron chi connectivity index (χ0n) is 55.0. The molecule has 16 rings (SSSR count). The SMILES string of the molecule is COC[C@H]1CN(c2ccc3c(=O)n(CCc4ccc5c(c4)N(C)C(=O)C54CC4C4Cc5nn(CCc6nc7cc(N8CCO[C@@H]([C@@H](C)N9CC(F)C9)C8)ccc7c(=O)n6CCc6ccc7c(c6)N(C6CC6)C(=O)C7(C)C)c(=O)n5C4)c(CCN4CCCC4=O)nc3c2)CCO1. The van der Waals surface area contributed by atoms with E-state index >= 15 is 0 Å². The molecule has 7 aromatic rings. The topological polar surface area (TPSA) is 208 Å². The fourth-order valence-electron chi connectivity index (χ4n) is 16.9. The number of ether oxygens (including phenoxy) is 3. The monoisotopic (exact) mass is 1290 g/mol. The first-order valence-corrected chi connectivity index (χ1v) is 34.4. The van der Waals surface area contributed by atoms with Gasteiger partial charge in [0.2, 0.25) is 17.7 Å². The van der Waals surface area contributed by atoms with Gasteiger partial charge >= 0.3 is 5.69 Å². The predicted octanol–water partition coefficient (Wildman–Crippen LogP) is 5.35. The van der Waals surface area contributed by atoms with Crippen molar-refractivity contribution in [3.63, 3.8) is 0 Å². The fraction of sp³-hybridized carbons (Fsp3) is 0.542. The van der Waals surface area contributed by atoms with Crippen molar-refractivity contribution >= 4 is 62.3 Å². The fourth-order valence-corrected chi connectivity index (χ4v) is 16.9. The molecule has 0 N–H and O–H groups in total. The number of fused-ring (bicyclic) bond motifs is 6. The normalized spacial score (nSPS) is 24.4. The quantitative estimate of drug-likeness (QED) is 0.0943. The first-order chi connectivity index (χ1) is 45.9. The second-order valence-corrected chi connectivity index (χ2v) is 28.8. The van der Waals surface area contributed by atoms with Crippen LogP contribution in [0.4, 0.5) is 27.1 Å². The Morgan fingerprint density at radius 1 is 0.695 bits per heavy atom. The maximum Gasteiger partial charge on any atom is 0.345 e. The molecule has 1 spiro atoms. The van der Waals surface area contributed by atoms with Crippen LogP contribution in [-0.2, 0) is 97.7 Å². The molecule has 10 heterocycles. The summed E-state index contributed by atoms with van der Waals surface area (Å²) in [4.78, 5) is 108. The minimum atomic E-state index is -0.803. The Labute approximate surface area is 550 Å². The minimum Gasteiger partial charge on any atom is -0.382 e. The summed E-state index contributed by atoms with van der Waals surface area (Å²) in [5.41, 5.74) is 7.05. The molecule has 3 aromatic heterocycles. The third-order valence-corrected chi connectivity index (χ3v) is 22.6. The molecule has 2 saturated carbocycles. The number of morpholine rings is 2. The van der Waals surface area contributed by atoms with Gasteiger partial charge in [0.25, 0.3) is 11.1 Å². The molecule has 0 bridgehead atoms. The van der Waals surface area contributed by atoms with Crippen molar-refractivity contribution in [2.24, 2.45) is 11.8 Å². The second-order valence-electron chi connectivity index (χ2n) is 28.8. The Morgan fingerprint density at radius 2 is 1.34 bits per heavy atom. The molecular formula is C72H84FN13O9. The highest BCUT2D eigenvalue weighted by atomic mass is 19.1. The summed E-state index contributed by atoms with van der Waals surface area (Å²) in [7, 11) is 3.51. The molecule has 3 amide bonds.